The average Bonchev–Trinajstić information content (AvgIpc) is 2.67. The van der Waals surface area contributed by atoms with Gasteiger partial charge in [-0.25, -0.2) is 4.98 Å². The van der Waals surface area contributed by atoms with Crippen LogP contribution in [0.3, 0.4) is 0 Å². The summed E-state index contributed by atoms with van der Waals surface area (Å²) in [4.78, 5) is 9.12. The Morgan fingerprint density at radius 1 is 1.00 bits per heavy atom. The lowest BCUT2D eigenvalue weighted by Crippen LogP contribution is -2.07. The average molecular weight is 329 g/mol. The normalized spacial score (nSPS) is 10.1. The van der Waals surface area contributed by atoms with Crippen LogP contribution >= 0.6 is 0 Å². The van der Waals surface area contributed by atoms with Crippen molar-refractivity contribution < 1.29 is 0 Å². The van der Waals surface area contributed by atoms with E-state index in [0.29, 0.717) is 17.3 Å². The standard InChI is InChI=1S/C20H19N5/c1-2-12-22-20-24-18(15-8-4-3-5-9-15)13-19(25-20)23-17-11-7-6-10-16(17)14-21/h3-11,13H,2,12H2,1H3,(H2,22,23,24,25). The predicted octanol–water partition coefficient (Wildman–Crippen LogP) is 4.58. The molecule has 0 aliphatic heterocycles. The molecule has 0 saturated heterocycles. The molecule has 0 aliphatic carbocycles. The number of benzene rings is 2. The summed E-state index contributed by atoms with van der Waals surface area (Å²) in [5.74, 6) is 1.22. The molecule has 0 bridgehead atoms. The quantitative estimate of drug-likeness (QED) is 0.692. The van der Waals surface area contributed by atoms with Crippen LogP contribution in [0.2, 0.25) is 0 Å². The lowest BCUT2D eigenvalue weighted by molar-refractivity contribution is 0.954. The number of hydrogen-bond acceptors (Lipinski definition) is 5. The number of anilines is 3. The van der Waals surface area contributed by atoms with Crippen molar-refractivity contribution in [1.82, 2.24) is 9.97 Å². The van der Waals surface area contributed by atoms with E-state index in [1.165, 1.54) is 0 Å². The Labute approximate surface area is 147 Å². The van der Waals surface area contributed by atoms with Crippen LogP contribution in [-0.2, 0) is 0 Å². The second-order valence-electron chi connectivity index (χ2n) is 5.54. The summed E-state index contributed by atoms with van der Waals surface area (Å²) in [5, 5.41) is 15.7. The highest BCUT2D eigenvalue weighted by Gasteiger charge is 2.08. The fraction of sp³-hybridized carbons (Fsp3) is 0.150. The maximum atomic E-state index is 9.26. The number of rotatable bonds is 6. The fourth-order valence-electron chi connectivity index (χ4n) is 2.41. The van der Waals surface area contributed by atoms with Crippen LogP contribution in [0, 0.1) is 11.3 Å². The zero-order valence-corrected chi connectivity index (χ0v) is 14.0. The molecule has 2 aromatic carbocycles. The Morgan fingerprint density at radius 2 is 1.76 bits per heavy atom. The molecule has 1 heterocycles. The van der Waals surface area contributed by atoms with Gasteiger partial charge in [-0.2, -0.15) is 10.2 Å². The minimum Gasteiger partial charge on any atom is -0.354 e. The summed E-state index contributed by atoms with van der Waals surface area (Å²) in [6.07, 6.45) is 0.985. The lowest BCUT2D eigenvalue weighted by atomic mass is 10.1. The Kier molecular flexibility index (Phi) is 5.22. The van der Waals surface area contributed by atoms with Crippen LogP contribution in [0.1, 0.15) is 18.9 Å². The predicted molar refractivity (Wildman–Crippen MR) is 101 cm³/mol. The summed E-state index contributed by atoms with van der Waals surface area (Å²) >= 11 is 0. The zero-order chi connectivity index (χ0) is 17.5. The number of nitriles is 1. The third-order valence-corrected chi connectivity index (χ3v) is 3.64. The van der Waals surface area contributed by atoms with E-state index in [-0.39, 0.29) is 0 Å². The molecule has 3 rings (SSSR count). The SMILES string of the molecule is CCCNc1nc(Nc2ccccc2C#N)cc(-c2ccccc2)n1. The molecule has 2 N–H and O–H groups in total. The van der Waals surface area contributed by atoms with Crippen LogP contribution in [0.25, 0.3) is 11.3 Å². The monoisotopic (exact) mass is 329 g/mol. The van der Waals surface area contributed by atoms with Crippen molar-refractivity contribution in [2.24, 2.45) is 0 Å². The molecule has 0 radical (unpaired) electrons. The molecular formula is C20H19N5. The molecule has 0 aliphatic rings. The molecule has 25 heavy (non-hydrogen) atoms. The van der Waals surface area contributed by atoms with Gasteiger partial charge in [-0.15, -0.1) is 0 Å². The summed E-state index contributed by atoms with van der Waals surface area (Å²) in [5.41, 5.74) is 3.14. The smallest absolute Gasteiger partial charge is 0.225 e. The highest BCUT2D eigenvalue weighted by atomic mass is 15.1. The van der Waals surface area contributed by atoms with E-state index in [9.17, 15) is 5.26 Å². The van der Waals surface area contributed by atoms with Crippen LogP contribution in [-0.4, -0.2) is 16.5 Å². The molecule has 0 atom stereocenters. The van der Waals surface area contributed by atoms with Crippen LogP contribution < -0.4 is 10.6 Å². The van der Waals surface area contributed by atoms with Gasteiger partial charge in [0.15, 0.2) is 0 Å². The van der Waals surface area contributed by atoms with Gasteiger partial charge in [0, 0.05) is 18.2 Å². The maximum Gasteiger partial charge on any atom is 0.225 e. The molecular weight excluding hydrogens is 310 g/mol. The van der Waals surface area contributed by atoms with Gasteiger partial charge in [-0.1, -0.05) is 49.4 Å². The molecule has 5 nitrogen and oxygen atoms in total. The first-order valence-corrected chi connectivity index (χ1v) is 8.24. The van der Waals surface area contributed by atoms with Crippen molar-refractivity contribution in [3.63, 3.8) is 0 Å². The Hall–Kier alpha value is -3.39. The topological polar surface area (TPSA) is 73.6 Å². The molecule has 5 heteroatoms. The van der Waals surface area contributed by atoms with E-state index in [4.69, 9.17) is 0 Å². The molecule has 0 spiro atoms. The number of hydrogen-bond donors (Lipinski definition) is 2. The Bertz CT molecular complexity index is 884. The van der Waals surface area contributed by atoms with E-state index >= 15 is 0 Å². The molecule has 124 valence electrons. The Balaban J connectivity index is 1.99. The molecule has 0 amide bonds. The van der Waals surface area contributed by atoms with Gasteiger partial charge < -0.3 is 10.6 Å². The van der Waals surface area contributed by atoms with Crippen LogP contribution in [0.5, 0.6) is 0 Å². The van der Waals surface area contributed by atoms with Gasteiger partial charge in [0.05, 0.1) is 16.9 Å². The largest absolute Gasteiger partial charge is 0.354 e. The van der Waals surface area contributed by atoms with Crippen molar-refractivity contribution in [3.05, 3.63) is 66.2 Å². The second-order valence-corrected chi connectivity index (χ2v) is 5.54. The highest BCUT2D eigenvalue weighted by molar-refractivity contribution is 5.69. The zero-order valence-electron chi connectivity index (χ0n) is 14.0. The van der Waals surface area contributed by atoms with Gasteiger partial charge in [0.25, 0.3) is 0 Å². The Morgan fingerprint density at radius 3 is 2.52 bits per heavy atom. The van der Waals surface area contributed by atoms with Crippen molar-refractivity contribution in [3.8, 4) is 17.3 Å². The van der Waals surface area contributed by atoms with Crippen molar-refractivity contribution in [1.29, 1.82) is 5.26 Å². The van der Waals surface area contributed by atoms with Crippen LogP contribution in [0.4, 0.5) is 17.5 Å². The van der Waals surface area contributed by atoms with Crippen molar-refractivity contribution >= 4 is 17.5 Å². The molecule has 3 aromatic rings. The third kappa shape index (κ3) is 4.12. The van der Waals surface area contributed by atoms with Gasteiger partial charge in [0.1, 0.15) is 11.9 Å². The molecule has 0 saturated carbocycles. The minimum atomic E-state index is 0.570. The molecule has 1 aromatic heterocycles. The lowest BCUT2D eigenvalue weighted by Gasteiger charge is -2.12. The fourth-order valence-corrected chi connectivity index (χ4v) is 2.41. The summed E-state index contributed by atoms with van der Waals surface area (Å²) in [6.45, 7) is 2.89. The van der Waals surface area contributed by atoms with E-state index in [0.717, 1.165) is 29.9 Å². The first kappa shape index (κ1) is 16.5. The van der Waals surface area contributed by atoms with Gasteiger partial charge in [-0.05, 0) is 18.6 Å². The summed E-state index contributed by atoms with van der Waals surface area (Å²) in [6, 6.07) is 21.4. The van der Waals surface area contributed by atoms with Gasteiger partial charge in [0.2, 0.25) is 5.95 Å². The number of nitrogens with zero attached hydrogens (tertiary/aromatic N) is 3. The number of para-hydroxylation sites is 1. The van der Waals surface area contributed by atoms with E-state index in [1.54, 1.807) is 6.07 Å². The van der Waals surface area contributed by atoms with E-state index < -0.39 is 0 Å². The summed E-state index contributed by atoms with van der Waals surface area (Å²) in [7, 11) is 0. The molecule has 0 fully saturated rings. The number of nitrogens with one attached hydrogen (secondary N) is 2. The van der Waals surface area contributed by atoms with Gasteiger partial charge >= 0.3 is 0 Å². The van der Waals surface area contributed by atoms with Crippen molar-refractivity contribution in [2.75, 3.05) is 17.2 Å². The minimum absolute atomic E-state index is 0.570. The molecule has 0 unspecified atom stereocenters. The van der Waals surface area contributed by atoms with E-state index in [2.05, 4.69) is 33.6 Å². The highest BCUT2D eigenvalue weighted by Crippen LogP contribution is 2.25. The maximum absolute atomic E-state index is 9.26. The second kappa shape index (κ2) is 7.93. The number of aromatic nitrogens is 2. The van der Waals surface area contributed by atoms with Crippen molar-refractivity contribution in [2.45, 2.75) is 13.3 Å². The van der Waals surface area contributed by atoms with Crippen LogP contribution in [0.15, 0.2) is 60.7 Å². The van der Waals surface area contributed by atoms with Gasteiger partial charge in [-0.3, -0.25) is 0 Å². The summed E-state index contributed by atoms with van der Waals surface area (Å²) < 4.78 is 0. The first-order chi connectivity index (χ1) is 12.3. The van der Waals surface area contributed by atoms with E-state index in [1.807, 2.05) is 54.6 Å². The third-order valence-electron chi connectivity index (χ3n) is 3.64. The first-order valence-electron chi connectivity index (χ1n) is 8.24.